The largest absolute Gasteiger partial charge is 0.356 e. The van der Waals surface area contributed by atoms with Gasteiger partial charge in [0.1, 0.15) is 0 Å². The molecule has 0 unspecified atom stereocenters. The fourth-order valence-electron chi connectivity index (χ4n) is 2.84. The molecule has 5 nitrogen and oxygen atoms in total. The molecular formula is C19H30Cl2N2O3S. The van der Waals surface area contributed by atoms with E-state index in [0.717, 1.165) is 25.5 Å². The van der Waals surface area contributed by atoms with E-state index in [4.69, 9.17) is 23.2 Å². The number of nitrogens with one attached hydrogen (secondary N) is 1. The van der Waals surface area contributed by atoms with Gasteiger partial charge in [0.15, 0.2) is 0 Å². The summed E-state index contributed by atoms with van der Waals surface area (Å²) in [7, 11) is -3.51. The van der Waals surface area contributed by atoms with Gasteiger partial charge < -0.3 is 5.32 Å². The molecule has 1 aromatic rings. The van der Waals surface area contributed by atoms with Crippen LogP contribution in [-0.2, 0) is 14.8 Å². The Kier molecular flexibility index (Phi) is 10.5. The summed E-state index contributed by atoms with van der Waals surface area (Å²) in [4.78, 5) is 12.1. The summed E-state index contributed by atoms with van der Waals surface area (Å²) in [5.41, 5.74) is 0.404. The third-order valence-corrected chi connectivity index (χ3v) is 6.06. The lowest BCUT2D eigenvalue weighted by Gasteiger charge is -2.23. The number of carbonyl (C=O) groups is 1. The zero-order chi connectivity index (χ0) is 20.4. The van der Waals surface area contributed by atoms with Gasteiger partial charge in [-0.3, -0.25) is 9.10 Å². The van der Waals surface area contributed by atoms with Crippen molar-refractivity contribution in [1.82, 2.24) is 5.32 Å². The lowest BCUT2D eigenvalue weighted by atomic mass is 9.99. The third kappa shape index (κ3) is 9.17. The molecule has 1 aromatic carbocycles. The average Bonchev–Trinajstić information content (AvgIpc) is 2.56. The lowest BCUT2D eigenvalue weighted by molar-refractivity contribution is -0.121. The third-order valence-electron chi connectivity index (χ3n) is 4.43. The van der Waals surface area contributed by atoms with Gasteiger partial charge in [-0.1, -0.05) is 56.3 Å². The Bertz CT molecular complexity index is 691. The normalized spacial score (nSPS) is 12.6. The van der Waals surface area contributed by atoms with Crippen LogP contribution < -0.4 is 9.62 Å². The number of nitrogens with zero attached hydrogens (tertiary/aromatic N) is 1. The van der Waals surface area contributed by atoms with Crippen molar-refractivity contribution in [3.63, 3.8) is 0 Å². The fourth-order valence-corrected chi connectivity index (χ4v) is 4.31. The van der Waals surface area contributed by atoms with Crippen molar-refractivity contribution in [3.8, 4) is 0 Å². The van der Waals surface area contributed by atoms with E-state index in [-0.39, 0.29) is 18.9 Å². The minimum absolute atomic E-state index is 0.0532. The van der Waals surface area contributed by atoms with E-state index in [9.17, 15) is 13.2 Å². The molecule has 0 heterocycles. The van der Waals surface area contributed by atoms with Gasteiger partial charge in [-0.25, -0.2) is 8.42 Å². The maximum absolute atomic E-state index is 12.1. The maximum atomic E-state index is 12.1. The second-order valence-electron chi connectivity index (χ2n) is 6.79. The van der Waals surface area contributed by atoms with Crippen molar-refractivity contribution < 1.29 is 13.2 Å². The van der Waals surface area contributed by atoms with Crippen molar-refractivity contribution in [2.75, 3.05) is 23.7 Å². The topological polar surface area (TPSA) is 66.5 Å². The number of hydrogen-bond acceptors (Lipinski definition) is 3. The van der Waals surface area contributed by atoms with E-state index in [1.165, 1.54) is 10.7 Å². The minimum Gasteiger partial charge on any atom is -0.356 e. The van der Waals surface area contributed by atoms with E-state index >= 15 is 0 Å². The first-order chi connectivity index (χ1) is 12.7. The molecule has 0 radical (unpaired) electrons. The second kappa shape index (κ2) is 11.8. The fraction of sp³-hybridized carbons (Fsp3) is 0.632. The molecule has 0 fully saturated rings. The lowest BCUT2D eigenvalue weighted by Crippen LogP contribution is -2.33. The number of carbonyl (C=O) groups excluding carboxylic acids is 1. The maximum Gasteiger partial charge on any atom is 0.232 e. The standard InChI is InChI=1S/C19H30Cl2N2O3S/c1-4-6-8-15(5-2)14-22-19(24)9-7-10-23(27(3,25)26)18-12-16(20)11-17(21)13-18/h11-13,15H,4-10,14H2,1-3H3,(H,22,24)/t15-/m0/s1. The first kappa shape index (κ1) is 24.1. The van der Waals surface area contributed by atoms with Crippen LogP contribution in [0, 0.1) is 5.92 Å². The van der Waals surface area contributed by atoms with Crippen molar-refractivity contribution >= 4 is 44.8 Å². The molecule has 0 saturated carbocycles. The molecule has 154 valence electrons. The van der Waals surface area contributed by atoms with Crippen LogP contribution in [-0.4, -0.2) is 33.7 Å². The highest BCUT2D eigenvalue weighted by Gasteiger charge is 2.19. The van der Waals surface area contributed by atoms with Crippen LogP contribution in [0.25, 0.3) is 0 Å². The van der Waals surface area contributed by atoms with E-state index in [1.54, 1.807) is 18.2 Å². The van der Waals surface area contributed by atoms with E-state index < -0.39 is 10.0 Å². The van der Waals surface area contributed by atoms with Gasteiger partial charge >= 0.3 is 0 Å². The first-order valence-corrected chi connectivity index (χ1v) is 12.0. The molecule has 1 rings (SSSR count). The highest BCUT2D eigenvalue weighted by molar-refractivity contribution is 7.92. The van der Waals surface area contributed by atoms with Gasteiger partial charge in [-0.15, -0.1) is 0 Å². The van der Waals surface area contributed by atoms with Crippen molar-refractivity contribution in [1.29, 1.82) is 0 Å². The van der Waals surface area contributed by atoms with Crippen molar-refractivity contribution in [2.24, 2.45) is 5.92 Å². The Hall–Kier alpha value is -0.980. The molecule has 0 aliphatic rings. The molecule has 1 atom stereocenters. The number of sulfonamides is 1. The molecule has 0 aromatic heterocycles. The smallest absolute Gasteiger partial charge is 0.232 e. The summed E-state index contributed by atoms with van der Waals surface area (Å²) in [5, 5.41) is 3.69. The average molecular weight is 437 g/mol. The van der Waals surface area contributed by atoms with Crippen LogP contribution in [0.15, 0.2) is 18.2 Å². The SMILES string of the molecule is CCCC[C@H](CC)CNC(=O)CCCN(c1cc(Cl)cc(Cl)c1)S(C)(=O)=O. The molecule has 1 amide bonds. The predicted octanol–water partition coefficient (Wildman–Crippen LogP) is 4.87. The molecule has 1 N–H and O–H groups in total. The minimum atomic E-state index is -3.51. The number of hydrogen-bond donors (Lipinski definition) is 1. The van der Waals surface area contributed by atoms with Crippen LogP contribution in [0.1, 0.15) is 52.4 Å². The van der Waals surface area contributed by atoms with Gasteiger partial charge in [0, 0.05) is 29.6 Å². The molecule has 0 aliphatic heterocycles. The van der Waals surface area contributed by atoms with Crippen LogP contribution in [0.5, 0.6) is 0 Å². The first-order valence-electron chi connectivity index (χ1n) is 9.37. The summed E-state index contributed by atoms with van der Waals surface area (Å²) >= 11 is 12.0. The molecule has 27 heavy (non-hydrogen) atoms. The van der Waals surface area contributed by atoms with Crippen LogP contribution >= 0.6 is 23.2 Å². The Labute approximate surface area is 173 Å². The molecular weight excluding hydrogens is 407 g/mol. The van der Waals surface area contributed by atoms with Gasteiger partial charge in [-0.2, -0.15) is 0 Å². The summed E-state index contributed by atoms with van der Waals surface area (Å²) < 4.78 is 25.5. The van der Waals surface area contributed by atoms with E-state index in [0.29, 0.717) is 34.6 Å². The summed E-state index contributed by atoms with van der Waals surface area (Å²) in [5.74, 6) is 0.442. The monoisotopic (exact) mass is 436 g/mol. The number of anilines is 1. The zero-order valence-electron chi connectivity index (χ0n) is 16.3. The van der Waals surface area contributed by atoms with Crippen molar-refractivity contribution in [3.05, 3.63) is 28.2 Å². The van der Waals surface area contributed by atoms with E-state index in [1.807, 2.05) is 0 Å². The molecule has 0 bridgehead atoms. The second-order valence-corrected chi connectivity index (χ2v) is 9.57. The highest BCUT2D eigenvalue weighted by atomic mass is 35.5. The summed E-state index contributed by atoms with van der Waals surface area (Å²) in [6.45, 7) is 5.16. The highest BCUT2D eigenvalue weighted by Crippen LogP contribution is 2.27. The molecule has 8 heteroatoms. The summed E-state index contributed by atoms with van der Waals surface area (Å²) in [6.07, 6.45) is 6.28. The Morgan fingerprint density at radius 1 is 1.15 bits per heavy atom. The van der Waals surface area contributed by atoms with E-state index in [2.05, 4.69) is 19.2 Å². The Balaban J connectivity index is 2.58. The summed E-state index contributed by atoms with van der Waals surface area (Å²) in [6, 6.07) is 4.64. The number of benzene rings is 1. The number of halogens is 2. The molecule has 0 aliphatic carbocycles. The number of rotatable bonds is 12. The van der Waals surface area contributed by atoms with Crippen molar-refractivity contribution in [2.45, 2.75) is 52.4 Å². The molecule has 0 saturated heterocycles. The number of amides is 1. The predicted molar refractivity (Wildman–Crippen MR) is 114 cm³/mol. The van der Waals surface area contributed by atoms with Gasteiger partial charge in [0.25, 0.3) is 0 Å². The zero-order valence-corrected chi connectivity index (χ0v) is 18.6. The van der Waals surface area contributed by atoms with Crippen LogP contribution in [0.4, 0.5) is 5.69 Å². The van der Waals surface area contributed by atoms with Crippen LogP contribution in [0.3, 0.4) is 0 Å². The van der Waals surface area contributed by atoms with Gasteiger partial charge in [-0.05, 0) is 37.0 Å². The number of unbranched alkanes of at least 4 members (excludes halogenated alkanes) is 1. The van der Waals surface area contributed by atoms with Gasteiger partial charge in [0.2, 0.25) is 15.9 Å². The van der Waals surface area contributed by atoms with Crippen LogP contribution in [0.2, 0.25) is 10.0 Å². The van der Waals surface area contributed by atoms with Gasteiger partial charge in [0.05, 0.1) is 11.9 Å². The molecule has 0 spiro atoms. The Morgan fingerprint density at radius 2 is 1.78 bits per heavy atom. The quantitative estimate of drug-likeness (QED) is 0.507. The Morgan fingerprint density at radius 3 is 2.30 bits per heavy atom.